The lowest BCUT2D eigenvalue weighted by Crippen LogP contribution is -2.29. The molecule has 1 heterocycles. The SMILES string of the molecule is c1ccc(-c2ccc(N(c3ccc(Cc4cccc5c4sc4ccccc45)cc3)c3cccc4c3-c3cc(-c5ccccc5)c5ccccc5c3C4(c3ccccc3)c3ccccc3)cc2)cc1. The molecule has 0 amide bonds. The second-order valence-electron chi connectivity index (χ2n) is 17.9. The average Bonchev–Trinajstić information content (AvgIpc) is 3.95. The molecule has 12 aromatic rings. The highest BCUT2D eigenvalue weighted by molar-refractivity contribution is 7.26. The van der Waals surface area contributed by atoms with Crippen molar-refractivity contribution in [2.45, 2.75) is 11.8 Å². The van der Waals surface area contributed by atoms with Crippen molar-refractivity contribution in [3.8, 4) is 33.4 Å². The molecule has 320 valence electrons. The van der Waals surface area contributed by atoms with E-state index in [1.54, 1.807) is 0 Å². The third-order valence-corrected chi connectivity index (χ3v) is 15.4. The van der Waals surface area contributed by atoms with E-state index in [1.807, 2.05) is 11.3 Å². The quantitative estimate of drug-likeness (QED) is 0.140. The number of nitrogens with zero attached hydrogens (tertiary/aromatic N) is 1. The first kappa shape index (κ1) is 40.0. The van der Waals surface area contributed by atoms with Gasteiger partial charge in [0.2, 0.25) is 0 Å². The zero-order valence-electron chi connectivity index (χ0n) is 37.4. The molecule has 1 aliphatic rings. The molecule has 1 aliphatic carbocycles. The summed E-state index contributed by atoms with van der Waals surface area (Å²) in [5.74, 6) is 0. The lowest BCUT2D eigenvalue weighted by Gasteiger charge is -2.35. The van der Waals surface area contributed by atoms with Gasteiger partial charge < -0.3 is 4.90 Å². The molecule has 68 heavy (non-hydrogen) atoms. The number of benzene rings is 11. The van der Waals surface area contributed by atoms with Crippen LogP contribution in [0.4, 0.5) is 17.1 Å². The van der Waals surface area contributed by atoms with Crippen molar-refractivity contribution in [1.29, 1.82) is 0 Å². The Bertz CT molecular complexity index is 3740. The number of hydrogen-bond donors (Lipinski definition) is 0. The summed E-state index contributed by atoms with van der Waals surface area (Å²) in [7, 11) is 0. The second kappa shape index (κ2) is 16.5. The van der Waals surface area contributed by atoms with Crippen molar-refractivity contribution < 1.29 is 0 Å². The van der Waals surface area contributed by atoms with Crippen molar-refractivity contribution in [1.82, 2.24) is 0 Å². The van der Waals surface area contributed by atoms with Crippen molar-refractivity contribution in [2.75, 3.05) is 4.90 Å². The van der Waals surface area contributed by atoms with Crippen molar-refractivity contribution in [3.05, 3.63) is 294 Å². The molecule has 11 aromatic carbocycles. The highest BCUT2D eigenvalue weighted by Crippen LogP contribution is 2.62. The Morgan fingerprint density at radius 3 is 1.59 bits per heavy atom. The third kappa shape index (κ3) is 6.44. The van der Waals surface area contributed by atoms with Gasteiger partial charge in [-0.25, -0.2) is 0 Å². The number of fused-ring (bicyclic) bond motifs is 8. The first-order valence-electron chi connectivity index (χ1n) is 23.5. The molecule has 0 bridgehead atoms. The van der Waals surface area contributed by atoms with Gasteiger partial charge in [-0.15, -0.1) is 11.3 Å². The van der Waals surface area contributed by atoms with Crippen LogP contribution in [0.1, 0.15) is 33.4 Å². The molecule has 1 nitrogen and oxygen atoms in total. The van der Waals surface area contributed by atoms with E-state index in [1.165, 1.54) is 97.7 Å². The smallest absolute Gasteiger partial charge is 0.0720 e. The minimum absolute atomic E-state index is 0.613. The number of anilines is 3. The van der Waals surface area contributed by atoms with Crippen LogP contribution >= 0.6 is 11.3 Å². The molecule has 0 saturated heterocycles. The van der Waals surface area contributed by atoms with Crippen LogP contribution in [0.25, 0.3) is 64.3 Å². The van der Waals surface area contributed by atoms with Crippen molar-refractivity contribution in [2.24, 2.45) is 0 Å². The zero-order valence-corrected chi connectivity index (χ0v) is 38.2. The van der Waals surface area contributed by atoms with Crippen LogP contribution in [0, 0.1) is 0 Å². The van der Waals surface area contributed by atoms with Gasteiger partial charge in [0.15, 0.2) is 0 Å². The first-order chi connectivity index (χ1) is 33.7. The van der Waals surface area contributed by atoms with Crippen LogP contribution in [-0.4, -0.2) is 0 Å². The van der Waals surface area contributed by atoms with Gasteiger partial charge in [-0.2, -0.15) is 0 Å². The lowest BCUT2D eigenvalue weighted by atomic mass is 9.66. The number of rotatable bonds is 9. The third-order valence-electron chi connectivity index (χ3n) is 14.2. The Morgan fingerprint density at radius 1 is 0.382 bits per heavy atom. The molecule has 13 rings (SSSR count). The van der Waals surface area contributed by atoms with E-state index in [0.29, 0.717) is 0 Å². The molecule has 0 atom stereocenters. The summed E-state index contributed by atoms with van der Waals surface area (Å²) in [4.78, 5) is 2.50. The molecule has 0 saturated carbocycles. The Balaban J connectivity index is 1.06. The summed E-state index contributed by atoms with van der Waals surface area (Å²) in [6.07, 6.45) is 0.857. The molecular formula is C66H45NS. The lowest BCUT2D eigenvalue weighted by molar-refractivity contribution is 0.775. The van der Waals surface area contributed by atoms with E-state index in [4.69, 9.17) is 0 Å². The molecule has 0 unspecified atom stereocenters. The van der Waals surface area contributed by atoms with Crippen molar-refractivity contribution >= 4 is 59.3 Å². The first-order valence-corrected chi connectivity index (χ1v) is 24.4. The number of hydrogen-bond acceptors (Lipinski definition) is 2. The average molecular weight is 884 g/mol. The molecule has 2 heteroatoms. The van der Waals surface area contributed by atoms with Gasteiger partial charge in [0.1, 0.15) is 0 Å². The fourth-order valence-electron chi connectivity index (χ4n) is 11.2. The highest BCUT2D eigenvalue weighted by Gasteiger charge is 2.49. The van der Waals surface area contributed by atoms with Gasteiger partial charge in [-0.1, -0.05) is 218 Å². The summed E-state index contributed by atoms with van der Waals surface area (Å²) < 4.78 is 2.71. The molecule has 0 N–H and O–H groups in total. The van der Waals surface area contributed by atoms with E-state index >= 15 is 0 Å². The standard InChI is InChI=1S/C66H45NS/c1-5-19-46(20-6-1)47-37-41-53(42-38-47)67(52-39-35-45(36-40-52)43-49-23-17-31-57-55-29-15-16-34-62(55)68-65(49)57)61-33-18-32-60-63(61)59-44-58(48-21-7-2-8-22-48)54-28-13-14-30-56(54)64(59)66(60,50-24-9-3-10-25-50)51-26-11-4-12-27-51/h1-42,44H,43H2. The van der Waals surface area contributed by atoms with Crippen LogP contribution < -0.4 is 4.90 Å². The number of thiophene rings is 1. The molecule has 0 spiro atoms. The van der Waals surface area contributed by atoms with E-state index < -0.39 is 5.41 Å². The van der Waals surface area contributed by atoms with Gasteiger partial charge in [0, 0.05) is 37.1 Å². The summed E-state index contributed by atoms with van der Waals surface area (Å²) in [6.45, 7) is 0. The predicted octanol–water partition coefficient (Wildman–Crippen LogP) is 18.0. The monoisotopic (exact) mass is 883 g/mol. The maximum atomic E-state index is 2.50. The largest absolute Gasteiger partial charge is 0.310 e. The molecular weight excluding hydrogens is 839 g/mol. The van der Waals surface area contributed by atoms with Gasteiger partial charge >= 0.3 is 0 Å². The summed E-state index contributed by atoms with van der Waals surface area (Å²) in [5.41, 5.74) is 17.8. The maximum absolute atomic E-state index is 2.50. The Morgan fingerprint density at radius 2 is 0.912 bits per heavy atom. The van der Waals surface area contributed by atoms with Crippen LogP contribution in [0.5, 0.6) is 0 Å². The molecule has 0 fully saturated rings. The fourth-order valence-corrected chi connectivity index (χ4v) is 12.4. The Labute approximate surface area is 401 Å². The maximum Gasteiger partial charge on any atom is 0.0720 e. The van der Waals surface area contributed by atoms with Crippen molar-refractivity contribution in [3.63, 3.8) is 0 Å². The topological polar surface area (TPSA) is 3.24 Å². The Kier molecular flexibility index (Phi) is 9.73. The second-order valence-corrected chi connectivity index (χ2v) is 19.0. The molecule has 1 aromatic heterocycles. The molecule has 0 radical (unpaired) electrons. The Hall–Kier alpha value is -8.30. The van der Waals surface area contributed by atoms with Crippen LogP contribution in [0.2, 0.25) is 0 Å². The van der Waals surface area contributed by atoms with Gasteiger partial charge in [0.25, 0.3) is 0 Å². The van der Waals surface area contributed by atoms with E-state index in [2.05, 4.69) is 266 Å². The van der Waals surface area contributed by atoms with Gasteiger partial charge in [-0.05, 0) is 121 Å². The van der Waals surface area contributed by atoms with E-state index in [-0.39, 0.29) is 0 Å². The molecule has 0 aliphatic heterocycles. The summed E-state index contributed by atoms with van der Waals surface area (Å²) in [6, 6.07) is 96.6. The van der Waals surface area contributed by atoms with E-state index in [0.717, 1.165) is 23.5 Å². The van der Waals surface area contributed by atoms with Gasteiger partial charge in [-0.3, -0.25) is 0 Å². The minimum atomic E-state index is -0.613. The van der Waals surface area contributed by atoms with Crippen LogP contribution in [0.15, 0.2) is 261 Å². The minimum Gasteiger partial charge on any atom is -0.310 e. The highest BCUT2D eigenvalue weighted by atomic mass is 32.1. The fraction of sp³-hybridized carbons (Fsp3) is 0.0303. The summed E-state index contributed by atoms with van der Waals surface area (Å²) in [5, 5.41) is 5.19. The predicted molar refractivity (Wildman–Crippen MR) is 289 cm³/mol. The van der Waals surface area contributed by atoms with Crippen LogP contribution in [0.3, 0.4) is 0 Å². The summed E-state index contributed by atoms with van der Waals surface area (Å²) >= 11 is 1.90. The van der Waals surface area contributed by atoms with Gasteiger partial charge in [0.05, 0.1) is 11.1 Å². The van der Waals surface area contributed by atoms with E-state index in [9.17, 15) is 0 Å². The normalized spacial score (nSPS) is 12.6. The van der Waals surface area contributed by atoms with Crippen LogP contribution in [-0.2, 0) is 11.8 Å². The zero-order chi connectivity index (χ0) is 45.0.